The van der Waals surface area contributed by atoms with Gasteiger partial charge in [-0.3, -0.25) is 9.20 Å². The van der Waals surface area contributed by atoms with E-state index in [1.165, 1.54) is 36.5 Å². The van der Waals surface area contributed by atoms with E-state index < -0.39 is 56.6 Å². The molecule has 5 heterocycles. The highest BCUT2D eigenvalue weighted by molar-refractivity contribution is 7.89. The molecule has 4 aromatic rings. The Hall–Kier alpha value is -4.32. The van der Waals surface area contributed by atoms with E-state index in [2.05, 4.69) is 20.5 Å². The van der Waals surface area contributed by atoms with Gasteiger partial charge in [-0.05, 0) is 101 Å². The van der Waals surface area contributed by atoms with E-state index in [-0.39, 0.29) is 29.5 Å². The minimum atomic E-state index is -4.76. The van der Waals surface area contributed by atoms with Gasteiger partial charge in [0.05, 0.1) is 36.8 Å². The Morgan fingerprint density at radius 1 is 1.04 bits per heavy atom. The molecule has 6 rings (SSSR count). The summed E-state index contributed by atoms with van der Waals surface area (Å²) in [4.78, 5) is 17.4. The number of nitrogens with zero attached hydrogens (tertiary/aromatic N) is 5. The molecule has 0 radical (unpaired) electrons. The van der Waals surface area contributed by atoms with Gasteiger partial charge in [0.2, 0.25) is 21.7 Å². The zero-order valence-corrected chi connectivity index (χ0v) is 32.9. The van der Waals surface area contributed by atoms with E-state index in [4.69, 9.17) is 9.47 Å². The number of anilines is 1. The minimum Gasteiger partial charge on any atom is -0.481 e. The number of carboxylic acids is 1. The van der Waals surface area contributed by atoms with Crippen molar-refractivity contribution in [3.8, 4) is 5.88 Å². The number of ether oxygens (including phenoxy) is 2. The highest BCUT2D eigenvalue weighted by atomic mass is 32.2. The number of aliphatic carboxylic acids is 1. The largest absolute Gasteiger partial charge is 0.481 e. The standard InChI is InChI=1S/C38H47F3N6O7S/c1-21-9-10-25(29(35(5,6)34(48)49)27-11-14-47-31(23(27)3)44-45-33(47)38(39,40)41)18-26(21)19-46-20-37(12-15-53-16-13-37)54-32-28(55(46,51)52)17-22(2)30(43-32)42-24(4)36(7,8)50/h9-11,14,17-18,24,29,50H,12-13,15-16,19-20H2,1-8H3,(H,42,43)(H,48,49)/t24-,29+/m1/s1. The lowest BCUT2D eigenvalue weighted by molar-refractivity contribution is -0.147. The van der Waals surface area contributed by atoms with Gasteiger partial charge in [-0.1, -0.05) is 18.2 Å². The molecule has 0 saturated carbocycles. The van der Waals surface area contributed by atoms with Gasteiger partial charge in [-0.25, -0.2) is 8.42 Å². The summed E-state index contributed by atoms with van der Waals surface area (Å²) in [5.74, 6) is -2.91. The Bertz CT molecular complexity index is 2250. The molecule has 17 heteroatoms. The number of hydrogen-bond acceptors (Lipinski definition) is 10. The van der Waals surface area contributed by atoms with Crippen LogP contribution in [0.1, 0.15) is 92.6 Å². The van der Waals surface area contributed by atoms with Crippen molar-refractivity contribution in [1.29, 1.82) is 0 Å². The van der Waals surface area contributed by atoms with Crippen LogP contribution < -0.4 is 10.1 Å². The fraction of sp³-hybridized carbons (Fsp3) is 0.526. The number of sulfonamides is 1. The monoisotopic (exact) mass is 788 g/mol. The van der Waals surface area contributed by atoms with Crippen LogP contribution in [-0.2, 0) is 32.3 Å². The van der Waals surface area contributed by atoms with Crippen LogP contribution in [0.15, 0.2) is 41.4 Å². The van der Waals surface area contributed by atoms with E-state index in [9.17, 15) is 36.6 Å². The number of aliphatic hydroxyl groups is 1. The molecule has 2 aliphatic rings. The number of hydrogen-bond donors (Lipinski definition) is 3. The molecule has 1 saturated heterocycles. The summed E-state index contributed by atoms with van der Waals surface area (Å²) in [6.45, 7) is 13.9. The molecule has 298 valence electrons. The topological polar surface area (TPSA) is 168 Å². The molecule has 1 fully saturated rings. The van der Waals surface area contributed by atoms with Gasteiger partial charge in [0, 0.05) is 31.5 Å². The summed E-state index contributed by atoms with van der Waals surface area (Å²) in [6.07, 6.45) is -2.78. The summed E-state index contributed by atoms with van der Waals surface area (Å²) in [7, 11) is -4.25. The SMILES string of the molecule is Cc1ccc([C@@H](c2ccn3c(C(F)(F)F)nnc3c2C)C(C)(C)C(=O)O)cc1CN1CC2(CCOCC2)Oc2nc(N[C@H](C)C(C)(C)O)c(C)cc2S1(=O)=O. The number of alkyl halides is 3. The number of nitrogens with one attached hydrogen (secondary N) is 1. The maximum absolute atomic E-state index is 14.7. The molecule has 0 unspecified atom stereocenters. The van der Waals surface area contributed by atoms with Crippen molar-refractivity contribution in [1.82, 2.24) is 23.9 Å². The third-order valence-electron chi connectivity index (χ3n) is 11.1. The van der Waals surface area contributed by atoms with Gasteiger partial charge in [-0.15, -0.1) is 10.2 Å². The van der Waals surface area contributed by atoms with Crippen molar-refractivity contribution in [2.45, 2.75) is 109 Å². The zero-order valence-electron chi connectivity index (χ0n) is 32.1. The average molecular weight is 789 g/mol. The van der Waals surface area contributed by atoms with Crippen molar-refractivity contribution in [2.24, 2.45) is 5.41 Å². The number of benzene rings is 1. The molecule has 3 N–H and O–H groups in total. The fourth-order valence-corrected chi connectivity index (χ4v) is 8.85. The van der Waals surface area contributed by atoms with E-state index in [1.54, 1.807) is 52.8 Å². The number of carbonyl (C=O) groups is 1. The predicted molar refractivity (Wildman–Crippen MR) is 197 cm³/mol. The van der Waals surface area contributed by atoms with Crippen molar-refractivity contribution >= 4 is 27.5 Å². The van der Waals surface area contributed by atoms with Crippen molar-refractivity contribution in [3.63, 3.8) is 0 Å². The third-order valence-corrected chi connectivity index (χ3v) is 12.9. The molecule has 0 bridgehead atoms. The van der Waals surface area contributed by atoms with Crippen molar-refractivity contribution in [3.05, 3.63) is 75.7 Å². The molecule has 2 atom stereocenters. The van der Waals surface area contributed by atoms with E-state index >= 15 is 0 Å². The first-order chi connectivity index (χ1) is 25.5. The van der Waals surface area contributed by atoms with Gasteiger partial charge < -0.3 is 25.0 Å². The number of aromatic nitrogens is 4. The fourth-order valence-electron chi connectivity index (χ4n) is 7.23. The maximum atomic E-state index is 14.7. The lowest BCUT2D eigenvalue weighted by Gasteiger charge is -2.38. The molecule has 2 aliphatic heterocycles. The number of pyridine rings is 2. The smallest absolute Gasteiger partial charge is 0.452 e. The Labute approximate surface area is 317 Å². The second-order valence-corrected chi connectivity index (χ2v) is 17.8. The van der Waals surface area contributed by atoms with Gasteiger partial charge in [-0.2, -0.15) is 22.5 Å². The third kappa shape index (κ3) is 7.50. The van der Waals surface area contributed by atoms with E-state index in [0.717, 1.165) is 9.96 Å². The van der Waals surface area contributed by atoms with Crippen LogP contribution in [0.25, 0.3) is 5.65 Å². The predicted octanol–water partition coefficient (Wildman–Crippen LogP) is 6.01. The first-order valence-electron chi connectivity index (χ1n) is 18.0. The zero-order chi connectivity index (χ0) is 40.5. The summed E-state index contributed by atoms with van der Waals surface area (Å²) >= 11 is 0. The first-order valence-corrected chi connectivity index (χ1v) is 19.4. The van der Waals surface area contributed by atoms with Crippen LogP contribution in [0.2, 0.25) is 0 Å². The Morgan fingerprint density at radius 2 is 1.71 bits per heavy atom. The number of halogens is 3. The van der Waals surface area contributed by atoms with Crippen LogP contribution in [0, 0.1) is 26.2 Å². The molecule has 1 spiro atoms. The molecular weight excluding hydrogens is 742 g/mol. The molecule has 1 aromatic carbocycles. The van der Waals surface area contributed by atoms with Crippen molar-refractivity contribution in [2.75, 3.05) is 25.1 Å². The van der Waals surface area contributed by atoms with Crippen LogP contribution in [-0.4, -0.2) is 85.5 Å². The van der Waals surface area contributed by atoms with Gasteiger partial charge in [0.15, 0.2) is 5.65 Å². The van der Waals surface area contributed by atoms with Crippen LogP contribution in [0.3, 0.4) is 0 Å². The molecule has 13 nitrogen and oxygen atoms in total. The lowest BCUT2D eigenvalue weighted by Crippen LogP contribution is -2.50. The molecule has 0 aliphatic carbocycles. The highest BCUT2D eigenvalue weighted by Gasteiger charge is 2.47. The van der Waals surface area contributed by atoms with Crippen LogP contribution in [0.5, 0.6) is 5.88 Å². The molecule has 55 heavy (non-hydrogen) atoms. The molecule has 3 aromatic heterocycles. The number of fused-ring (bicyclic) bond motifs is 2. The quantitative estimate of drug-likeness (QED) is 0.182. The average Bonchev–Trinajstić information content (AvgIpc) is 3.51. The second-order valence-electron chi connectivity index (χ2n) is 15.9. The maximum Gasteiger partial charge on any atom is 0.452 e. The van der Waals surface area contributed by atoms with Crippen LogP contribution >= 0.6 is 0 Å². The number of aryl methyl sites for hydroxylation is 3. The summed E-state index contributed by atoms with van der Waals surface area (Å²) in [5, 5.41) is 31.4. The van der Waals surface area contributed by atoms with Gasteiger partial charge in [0.25, 0.3) is 0 Å². The van der Waals surface area contributed by atoms with E-state index in [1.807, 2.05) is 6.92 Å². The van der Waals surface area contributed by atoms with Gasteiger partial charge >= 0.3 is 12.1 Å². The summed E-state index contributed by atoms with van der Waals surface area (Å²) < 4.78 is 84.9. The van der Waals surface area contributed by atoms with Crippen molar-refractivity contribution < 1.29 is 46.1 Å². The first kappa shape index (κ1) is 40.3. The highest BCUT2D eigenvalue weighted by Crippen LogP contribution is 2.45. The lowest BCUT2D eigenvalue weighted by atomic mass is 9.70. The minimum absolute atomic E-state index is 0.0190. The second kappa shape index (κ2) is 14.0. The number of rotatable bonds is 9. The number of carboxylic acid groups (broad SMARTS) is 1. The molecular formula is C38H47F3N6O7S. The summed E-state index contributed by atoms with van der Waals surface area (Å²) in [6, 6.07) is 7.86. The summed E-state index contributed by atoms with van der Waals surface area (Å²) in [5.41, 5.74) is -0.458. The Balaban J connectivity index is 1.45. The Kier molecular flexibility index (Phi) is 10.3. The van der Waals surface area contributed by atoms with Gasteiger partial charge in [0.1, 0.15) is 16.3 Å². The molecule has 0 amide bonds. The normalized spacial score (nSPS) is 18.7. The van der Waals surface area contributed by atoms with E-state index in [0.29, 0.717) is 59.7 Å². The Morgan fingerprint density at radius 3 is 2.33 bits per heavy atom. The van der Waals surface area contributed by atoms with Crippen LogP contribution in [0.4, 0.5) is 19.0 Å².